The molecule has 1 saturated heterocycles. The van der Waals surface area contributed by atoms with Gasteiger partial charge in [-0.15, -0.1) is 11.3 Å². The quantitative estimate of drug-likeness (QED) is 0.629. The first-order valence-corrected chi connectivity index (χ1v) is 11.8. The number of fused-ring (bicyclic) bond motifs is 1. The lowest BCUT2D eigenvalue weighted by Crippen LogP contribution is -2.50. The van der Waals surface area contributed by atoms with E-state index in [1.807, 2.05) is 17.7 Å². The predicted octanol–water partition coefficient (Wildman–Crippen LogP) is 2.31. The summed E-state index contributed by atoms with van der Waals surface area (Å²) in [6.07, 6.45) is 1.19. The molecule has 1 amide bonds. The van der Waals surface area contributed by atoms with Gasteiger partial charge in [0.05, 0.1) is 23.4 Å². The number of nitrogens with zero attached hydrogens (tertiary/aromatic N) is 4. The molecule has 1 aliphatic rings. The van der Waals surface area contributed by atoms with Crippen molar-refractivity contribution in [1.29, 1.82) is 0 Å². The normalized spacial score (nSPS) is 15.9. The molecular formula is C19H21FN4O3S2. The molecule has 154 valence electrons. The van der Waals surface area contributed by atoms with Gasteiger partial charge >= 0.3 is 0 Å². The van der Waals surface area contributed by atoms with Crippen molar-refractivity contribution in [2.24, 2.45) is 0 Å². The molecule has 0 unspecified atom stereocenters. The summed E-state index contributed by atoms with van der Waals surface area (Å²) in [6, 6.07) is 8.14. The second-order valence-electron chi connectivity index (χ2n) is 7.15. The molecule has 1 aromatic carbocycles. The summed E-state index contributed by atoms with van der Waals surface area (Å²) in [6.45, 7) is 3.77. The highest BCUT2D eigenvalue weighted by atomic mass is 32.2. The number of aryl methyl sites for hydroxylation is 1. The average molecular weight is 437 g/mol. The van der Waals surface area contributed by atoms with E-state index in [0.29, 0.717) is 37.6 Å². The number of benzene rings is 1. The molecule has 4 rings (SSSR count). The Morgan fingerprint density at radius 1 is 1.17 bits per heavy atom. The summed E-state index contributed by atoms with van der Waals surface area (Å²) in [4.78, 5) is 16.1. The number of piperazine rings is 1. The lowest BCUT2D eigenvalue weighted by atomic mass is 10.2. The maximum absolute atomic E-state index is 13.1. The SMILES string of the molecule is Cc1nn(Cc2ccc(F)cc2)c2sc(C(=O)N3CCN(S(C)(=O)=O)CC3)cc12. The highest BCUT2D eigenvalue weighted by Gasteiger charge is 2.28. The summed E-state index contributed by atoms with van der Waals surface area (Å²) in [5.74, 6) is -0.373. The molecule has 1 aliphatic heterocycles. The average Bonchev–Trinajstić information content (AvgIpc) is 3.24. The van der Waals surface area contributed by atoms with Crippen LogP contribution in [0.2, 0.25) is 0 Å². The van der Waals surface area contributed by atoms with Gasteiger partial charge in [0.1, 0.15) is 10.6 Å². The van der Waals surface area contributed by atoms with Gasteiger partial charge in [0, 0.05) is 31.6 Å². The lowest BCUT2D eigenvalue weighted by molar-refractivity contribution is 0.0703. The minimum atomic E-state index is -3.23. The third kappa shape index (κ3) is 4.05. The summed E-state index contributed by atoms with van der Waals surface area (Å²) < 4.78 is 39.7. The number of halogens is 1. The lowest BCUT2D eigenvalue weighted by Gasteiger charge is -2.32. The monoisotopic (exact) mass is 436 g/mol. The molecule has 3 aromatic rings. The maximum atomic E-state index is 13.1. The molecule has 29 heavy (non-hydrogen) atoms. The number of thiophene rings is 1. The van der Waals surface area contributed by atoms with Crippen molar-refractivity contribution in [3.05, 3.63) is 52.3 Å². The molecule has 0 atom stereocenters. The summed E-state index contributed by atoms with van der Waals surface area (Å²) >= 11 is 1.38. The number of amides is 1. The molecule has 3 heterocycles. The van der Waals surface area contributed by atoms with E-state index in [1.165, 1.54) is 34.0 Å². The molecule has 0 radical (unpaired) electrons. The first kappa shape index (κ1) is 20.0. The maximum Gasteiger partial charge on any atom is 0.264 e. The van der Waals surface area contributed by atoms with E-state index in [0.717, 1.165) is 21.5 Å². The zero-order chi connectivity index (χ0) is 20.8. The zero-order valence-corrected chi connectivity index (χ0v) is 17.8. The Balaban J connectivity index is 1.55. The fourth-order valence-corrected chi connectivity index (χ4v) is 5.42. The van der Waals surface area contributed by atoms with Crippen LogP contribution in [0.3, 0.4) is 0 Å². The Kier molecular flexibility index (Phi) is 5.18. The molecule has 0 aliphatic carbocycles. The van der Waals surface area contributed by atoms with Crippen molar-refractivity contribution < 1.29 is 17.6 Å². The second kappa shape index (κ2) is 7.51. The number of hydrogen-bond donors (Lipinski definition) is 0. The van der Waals surface area contributed by atoms with E-state index >= 15 is 0 Å². The van der Waals surface area contributed by atoms with Gasteiger partial charge in [-0.1, -0.05) is 12.1 Å². The van der Waals surface area contributed by atoms with Crippen molar-refractivity contribution in [2.75, 3.05) is 32.4 Å². The zero-order valence-electron chi connectivity index (χ0n) is 16.1. The third-order valence-corrected chi connectivity index (χ3v) is 7.50. The molecule has 10 heteroatoms. The smallest absolute Gasteiger partial charge is 0.264 e. The standard InChI is InChI=1S/C19H21FN4O3S2/c1-13-16-11-17(18(25)22-7-9-23(10-8-22)29(2,26)27)28-19(16)24(21-13)12-14-3-5-15(20)6-4-14/h3-6,11H,7-10,12H2,1-2H3. The van der Waals surface area contributed by atoms with Crippen LogP contribution in [-0.4, -0.2) is 65.7 Å². The molecule has 1 fully saturated rings. The van der Waals surface area contributed by atoms with Crippen LogP contribution in [0.25, 0.3) is 10.2 Å². The molecule has 0 saturated carbocycles. The van der Waals surface area contributed by atoms with Crippen LogP contribution in [-0.2, 0) is 16.6 Å². The molecule has 0 bridgehead atoms. The van der Waals surface area contributed by atoms with Gasteiger partial charge in [-0.3, -0.25) is 9.48 Å². The number of hydrogen-bond acceptors (Lipinski definition) is 5. The fraction of sp³-hybridized carbons (Fsp3) is 0.368. The number of carbonyl (C=O) groups is 1. The third-order valence-electron chi connectivity index (χ3n) is 5.06. The van der Waals surface area contributed by atoms with E-state index in [1.54, 1.807) is 17.0 Å². The molecule has 7 nitrogen and oxygen atoms in total. The van der Waals surface area contributed by atoms with Gasteiger partial charge in [0.2, 0.25) is 10.0 Å². The van der Waals surface area contributed by atoms with Crippen LogP contribution in [0.5, 0.6) is 0 Å². The van der Waals surface area contributed by atoms with Crippen LogP contribution in [0, 0.1) is 12.7 Å². The second-order valence-corrected chi connectivity index (χ2v) is 10.2. The fourth-order valence-electron chi connectivity index (χ4n) is 3.47. The van der Waals surface area contributed by atoms with E-state index < -0.39 is 10.0 Å². The highest BCUT2D eigenvalue weighted by Crippen LogP contribution is 2.30. The Bertz CT molecular complexity index is 1160. The number of carbonyl (C=O) groups excluding carboxylic acids is 1. The van der Waals surface area contributed by atoms with Gasteiger partial charge in [-0.05, 0) is 30.7 Å². The van der Waals surface area contributed by atoms with Crippen LogP contribution in [0.15, 0.2) is 30.3 Å². The number of rotatable bonds is 4. The summed E-state index contributed by atoms with van der Waals surface area (Å²) in [5, 5.41) is 5.48. The number of sulfonamides is 1. The van der Waals surface area contributed by atoms with Gasteiger partial charge in [0.25, 0.3) is 5.91 Å². The minimum absolute atomic E-state index is 0.0907. The van der Waals surface area contributed by atoms with Crippen LogP contribution < -0.4 is 0 Å². The van der Waals surface area contributed by atoms with Gasteiger partial charge < -0.3 is 4.90 Å². The van der Waals surface area contributed by atoms with Crippen LogP contribution in [0.1, 0.15) is 20.9 Å². The molecule has 2 aromatic heterocycles. The van der Waals surface area contributed by atoms with Crippen molar-refractivity contribution in [1.82, 2.24) is 19.0 Å². The topological polar surface area (TPSA) is 75.5 Å². The largest absolute Gasteiger partial charge is 0.335 e. The van der Waals surface area contributed by atoms with Gasteiger partial charge in [-0.2, -0.15) is 9.40 Å². The van der Waals surface area contributed by atoms with Crippen molar-refractivity contribution in [2.45, 2.75) is 13.5 Å². The van der Waals surface area contributed by atoms with Crippen LogP contribution >= 0.6 is 11.3 Å². The molecular weight excluding hydrogens is 415 g/mol. The minimum Gasteiger partial charge on any atom is -0.335 e. The summed E-state index contributed by atoms with van der Waals surface area (Å²) in [5.41, 5.74) is 1.76. The Labute approximate surface area is 172 Å². The molecule has 0 spiro atoms. The Morgan fingerprint density at radius 3 is 2.45 bits per heavy atom. The summed E-state index contributed by atoms with van der Waals surface area (Å²) in [7, 11) is -3.23. The van der Waals surface area contributed by atoms with Gasteiger partial charge in [-0.25, -0.2) is 12.8 Å². The van der Waals surface area contributed by atoms with Gasteiger partial charge in [0.15, 0.2) is 0 Å². The first-order valence-electron chi connectivity index (χ1n) is 9.18. The van der Waals surface area contributed by atoms with E-state index in [2.05, 4.69) is 5.10 Å². The van der Waals surface area contributed by atoms with E-state index in [-0.39, 0.29) is 11.7 Å². The number of aromatic nitrogens is 2. The van der Waals surface area contributed by atoms with E-state index in [4.69, 9.17) is 0 Å². The van der Waals surface area contributed by atoms with Crippen molar-refractivity contribution >= 4 is 37.5 Å². The molecule has 0 N–H and O–H groups in total. The highest BCUT2D eigenvalue weighted by molar-refractivity contribution is 7.88. The van der Waals surface area contributed by atoms with Crippen molar-refractivity contribution in [3.8, 4) is 0 Å². The van der Waals surface area contributed by atoms with Crippen LogP contribution in [0.4, 0.5) is 4.39 Å². The van der Waals surface area contributed by atoms with Crippen molar-refractivity contribution in [3.63, 3.8) is 0 Å². The predicted molar refractivity (Wildman–Crippen MR) is 110 cm³/mol. The first-order chi connectivity index (χ1) is 13.7. The van der Waals surface area contributed by atoms with E-state index in [9.17, 15) is 17.6 Å². The Hall–Kier alpha value is -2.30. The Morgan fingerprint density at radius 2 is 1.83 bits per heavy atom.